The van der Waals surface area contributed by atoms with E-state index in [0.29, 0.717) is 0 Å². The van der Waals surface area contributed by atoms with Crippen molar-refractivity contribution in [1.29, 1.82) is 0 Å². The van der Waals surface area contributed by atoms with Crippen molar-refractivity contribution in [2.45, 2.75) is 34.2 Å². The molecule has 2 nitrogen and oxygen atoms in total. The summed E-state index contributed by atoms with van der Waals surface area (Å²) in [6.45, 7) is 8.82. The van der Waals surface area contributed by atoms with Crippen molar-refractivity contribution in [1.82, 2.24) is 4.90 Å². The number of hydrogen-bond acceptors (Lipinski definition) is 1. The van der Waals surface area contributed by atoms with Crippen LogP contribution in [0.4, 0.5) is 0 Å². The van der Waals surface area contributed by atoms with Crippen molar-refractivity contribution >= 4 is 5.91 Å². The molecule has 1 aliphatic heterocycles. The van der Waals surface area contributed by atoms with Gasteiger partial charge in [-0.05, 0) is 30.5 Å². The monoisotopic (exact) mass is 205 g/mol. The molecule has 0 spiro atoms. The first-order chi connectivity index (χ1) is 7.11. The van der Waals surface area contributed by atoms with Crippen molar-refractivity contribution in [3.63, 3.8) is 0 Å². The second-order valence-corrected chi connectivity index (χ2v) is 3.71. The third-order valence-electron chi connectivity index (χ3n) is 2.71. The number of carbonyl (C=O) groups excluding carboxylic acids is 1. The van der Waals surface area contributed by atoms with Crippen LogP contribution >= 0.6 is 0 Å². The van der Waals surface area contributed by atoms with E-state index in [0.717, 1.165) is 17.7 Å². The molecule has 1 aromatic rings. The van der Waals surface area contributed by atoms with E-state index in [1.165, 1.54) is 11.1 Å². The predicted octanol–water partition coefficient (Wildman–Crippen LogP) is 2.92. The Morgan fingerprint density at radius 1 is 1.13 bits per heavy atom. The van der Waals surface area contributed by atoms with E-state index >= 15 is 0 Å². The van der Waals surface area contributed by atoms with Gasteiger partial charge >= 0.3 is 0 Å². The molecule has 2 rings (SSSR count). The minimum Gasteiger partial charge on any atom is -0.337 e. The molecule has 15 heavy (non-hydrogen) atoms. The molecule has 0 bridgehead atoms. The van der Waals surface area contributed by atoms with Gasteiger partial charge < -0.3 is 4.90 Å². The Balaban J connectivity index is 0.000000531. The molecule has 1 aromatic carbocycles. The van der Waals surface area contributed by atoms with Crippen LogP contribution in [0.1, 0.15) is 40.9 Å². The average Bonchev–Trinajstić information content (AvgIpc) is 2.54. The molecule has 0 aromatic heterocycles. The number of benzene rings is 1. The summed E-state index contributed by atoms with van der Waals surface area (Å²) in [4.78, 5) is 13.5. The molecule has 82 valence electrons. The Labute approximate surface area is 91.9 Å². The van der Waals surface area contributed by atoms with Gasteiger partial charge in [-0.1, -0.05) is 26.0 Å². The minimum absolute atomic E-state index is 0.163. The second-order valence-electron chi connectivity index (χ2n) is 3.71. The van der Waals surface area contributed by atoms with Crippen molar-refractivity contribution in [3.05, 3.63) is 34.4 Å². The van der Waals surface area contributed by atoms with Crippen LogP contribution in [0.2, 0.25) is 0 Å². The van der Waals surface area contributed by atoms with E-state index < -0.39 is 0 Å². The number of aryl methyl sites for hydroxylation is 2. The Morgan fingerprint density at radius 2 is 1.67 bits per heavy atom. The van der Waals surface area contributed by atoms with E-state index in [4.69, 9.17) is 0 Å². The van der Waals surface area contributed by atoms with Crippen molar-refractivity contribution < 1.29 is 4.79 Å². The number of fused-ring (bicyclic) bond motifs is 1. The van der Waals surface area contributed by atoms with E-state index in [9.17, 15) is 4.79 Å². The molecule has 0 saturated carbocycles. The smallest absolute Gasteiger partial charge is 0.254 e. The molecular weight excluding hydrogens is 186 g/mol. The SMILES string of the molecule is CC.Cc1ccc(C)c2c1CN(C)C2=O. The molecule has 0 fully saturated rings. The summed E-state index contributed by atoms with van der Waals surface area (Å²) >= 11 is 0. The Hall–Kier alpha value is -1.31. The van der Waals surface area contributed by atoms with Gasteiger partial charge in [0.05, 0.1) is 0 Å². The quantitative estimate of drug-likeness (QED) is 0.637. The summed E-state index contributed by atoms with van der Waals surface area (Å²) in [5, 5.41) is 0. The van der Waals surface area contributed by atoms with Crippen LogP contribution in [0.15, 0.2) is 12.1 Å². The zero-order valence-electron chi connectivity index (χ0n) is 10.2. The zero-order chi connectivity index (χ0) is 11.6. The summed E-state index contributed by atoms with van der Waals surface area (Å²) in [5.74, 6) is 0.163. The number of amides is 1. The number of nitrogens with zero attached hydrogens (tertiary/aromatic N) is 1. The van der Waals surface area contributed by atoms with Gasteiger partial charge in [-0.2, -0.15) is 0 Å². The highest BCUT2D eigenvalue weighted by Gasteiger charge is 2.26. The summed E-state index contributed by atoms with van der Waals surface area (Å²) in [7, 11) is 1.85. The van der Waals surface area contributed by atoms with Crippen molar-refractivity contribution in [2.24, 2.45) is 0 Å². The molecule has 1 heterocycles. The van der Waals surface area contributed by atoms with Gasteiger partial charge in [0.15, 0.2) is 0 Å². The molecular formula is C13H19NO. The highest BCUT2D eigenvalue weighted by molar-refractivity contribution is 5.99. The average molecular weight is 205 g/mol. The van der Waals surface area contributed by atoms with Crippen LogP contribution in [0.3, 0.4) is 0 Å². The lowest BCUT2D eigenvalue weighted by molar-refractivity contribution is 0.0816. The van der Waals surface area contributed by atoms with Gasteiger partial charge in [0.25, 0.3) is 5.91 Å². The lowest BCUT2D eigenvalue weighted by Gasteiger charge is -2.05. The topological polar surface area (TPSA) is 20.3 Å². The van der Waals surface area contributed by atoms with Crippen molar-refractivity contribution in [2.75, 3.05) is 7.05 Å². The molecule has 0 saturated heterocycles. The van der Waals surface area contributed by atoms with Crippen LogP contribution in [-0.4, -0.2) is 17.9 Å². The second kappa shape index (κ2) is 4.47. The van der Waals surface area contributed by atoms with E-state index in [1.54, 1.807) is 4.90 Å². The molecule has 0 N–H and O–H groups in total. The normalized spacial score (nSPS) is 13.4. The van der Waals surface area contributed by atoms with Crippen LogP contribution in [-0.2, 0) is 6.54 Å². The molecule has 0 radical (unpaired) electrons. The van der Waals surface area contributed by atoms with Crippen LogP contribution < -0.4 is 0 Å². The first kappa shape index (κ1) is 11.8. The largest absolute Gasteiger partial charge is 0.337 e. The lowest BCUT2D eigenvalue weighted by atomic mass is 10.00. The zero-order valence-corrected chi connectivity index (χ0v) is 10.2. The fourth-order valence-corrected chi connectivity index (χ4v) is 1.87. The number of carbonyl (C=O) groups is 1. The van der Waals surface area contributed by atoms with Gasteiger partial charge in [0.1, 0.15) is 0 Å². The first-order valence-electron chi connectivity index (χ1n) is 5.46. The predicted molar refractivity (Wildman–Crippen MR) is 63.1 cm³/mol. The third kappa shape index (κ3) is 1.89. The first-order valence-corrected chi connectivity index (χ1v) is 5.46. The lowest BCUT2D eigenvalue weighted by Crippen LogP contribution is -2.17. The Bertz CT molecular complexity index is 382. The third-order valence-corrected chi connectivity index (χ3v) is 2.71. The summed E-state index contributed by atoms with van der Waals surface area (Å²) in [6.07, 6.45) is 0. The minimum atomic E-state index is 0.163. The van der Waals surface area contributed by atoms with Crippen LogP contribution in [0.25, 0.3) is 0 Å². The molecule has 2 heteroatoms. The molecule has 0 aliphatic carbocycles. The van der Waals surface area contributed by atoms with Gasteiger partial charge in [-0.3, -0.25) is 4.79 Å². The van der Waals surface area contributed by atoms with Crippen LogP contribution in [0, 0.1) is 13.8 Å². The van der Waals surface area contributed by atoms with Gasteiger partial charge in [0, 0.05) is 19.2 Å². The summed E-state index contributed by atoms with van der Waals surface area (Å²) in [5.41, 5.74) is 4.43. The van der Waals surface area contributed by atoms with Gasteiger partial charge in [-0.25, -0.2) is 0 Å². The maximum Gasteiger partial charge on any atom is 0.254 e. The number of hydrogen-bond donors (Lipinski definition) is 0. The molecule has 0 atom stereocenters. The summed E-state index contributed by atoms with van der Waals surface area (Å²) in [6, 6.07) is 4.10. The highest BCUT2D eigenvalue weighted by atomic mass is 16.2. The highest BCUT2D eigenvalue weighted by Crippen LogP contribution is 2.27. The van der Waals surface area contributed by atoms with E-state index in [1.807, 2.05) is 33.9 Å². The Kier molecular flexibility index (Phi) is 3.51. The van der Waals surface area contributed by atoms with Crippen molar-refractivity contribution in [3.8, 4) is 0 Å². The molecule has 1 amide bonds. The van der Waals surface area contributed by atoms with Crippen LogP contribution in [0.5, 0.6) is 0 Å². The summed E-state index contributed by atoms with van der Waals surface area (Å²) < 4.78 is 0. The number of rotatable bonds is 0. The molecule has 1 aliphatic rings. The standard InChI is InChI=1S/C11H13NO.C2H6/c1-7-4-5-8(2)10-9(7)6-12(3)11(10)13;1-2/h4-5H,6H2,1-3H3;1-2H3. The Morgan fingerprint density at radius 3 is 2.20 bits per heavy atom. The van der Waals surface area contributed by atoms with E-state index in [-0.39, 0.29) is 5.91 Å². The van der Waals surface area contributed by atoms with Gasteiger partial charge in [0.2, 0.25) is 0 Å². The molecule has 0 unspecified atom stereocenters. The fraction of sp³-hybridized carbons (Fsp3) is 0.462. The fourth-order valence-electron chi connectivity index (χ4n) is 1.87. The maximum atomic E-state index is 11.7. The maximum absolute atomic E-state index is 11.7. The van der Waals surface area contributed by atoms with Gasteiger partial charge in [-0.15, -0.1) is 0 Å². The van der Waals surface area contributed by atoms with E-state index in [2.05, 4.69) is 13.0 Å².